The van der Waals surface area contributed by atoms with Gasteiger partial charge < -0.3 is 4.74 Å². The smallest absolute Gasteiger partial charge is 0.0528 e. The highest BCUT2D eigenvalue weighted by atomic mass is 16.5. The van der Waals surface area contributed by atoms with Crippen molar-refractivity contribution in [2.24, 2.45) is 0 Å². The number of ether oxygens (including phenoxy) is 1. The van der Waals surface area contributed by atoms with Crippen LogP contribution >= 0.6 is 0 Å². The van der Waals surface area contributed by atoms with E-state index in [1.54, 1.807) is 5.92 Å². The molecule has 1 heteroatoms. The summed E-state index contributed by atoms with van der Waals surface area (Å²) in [6.07, 6.45) is 12.4. The van der Waals surface area contributed by atoms with Gasteiger partial charge in [-0.25, -0.2) is 0 Å². The fourth-order valence-electron chi connectivity index (χ4n) is 1.92. The minimum Gasteiger partial charge on any atom is -0.381 e. The Morgan fingerprint density at radius 3 is 2.50 bits per heavy atom. The highest BCUT2D eigenvalue weighted by Crippen LogP contribution is 2.24. The van der Waals surface area contributed by atoms with Gasteiger partial charge in [-0.1, -0.05) is 31.8 Å². The van der Waals surface area contributed by atoms with Gasteiger partial charge in [-0.3, -0.25) is 0 Å². The summed E-state index contributed by atoms with van der Waals surface area (Å²) in [5.74, 6) is 1.64. The average Bonchev–Trinajstić information content (AvgIpc) is 2.46. The minimum atomic E-state index is 0.898. The van der Waals surface area contributed by atoms with Crippen molar-refractivity contribution in [2.75, 3.05) is 13.2 Å². The van der Waals surface area contributed by atoms with E-state index in [2.05, 4.69) is 6.58 Å². The van der Waals surface area contributed by atoms with Crippen LogP contribution in [0.15, 0.2) is 12.7 Å². The minimum absolute atomic E-state index is 0.898. The summed E-state index contributed by atoms with van der Waals surface area (Å²) >= 11 is 0. The molecule has 0 aromatic carbocycles. The van der Waals surface area contributed by atoms with Crippen molar-refractivity contribution in [1.82, 2.24) is 0 Å². The zero-order chi connectivity index (χ0) is 10.1. The van der Waals surface area contributed by atoms with Crippen LogP contribution in [0.5, 0.6) is 0 Å². The number of rotatable bonds is 6. The first-order chi connectivity index (χ1) is 6.93. The molecule has 0 N–H and O–H groups in total. The molecule has 81 valence electrons. The highest BCUT2D eigenvalue weighted by Gasteiger charge is 2.12. The summed E-state index contributed by atoms with van der Waals surface area (Å²) in [5.41, 5.74) is 0. The lowest BCUT2D eigenvalue weighted by molar-refractivity contribution is 0.136. The summed E-state index contributed by atoms with van der Waals surface area (Å²) < 4.78 is 5.65. The van der Waals surface area contributed by atoms with Crippen LogP contribution in [0.2, 0.25) is 0 Å². The predicted octanol–water partition coefficient (Wildman–Crippen LogP) is 3.90. The lowest BCUT2D eigenvalue weighted by Gasteiger charge is -2.13. The molecule has 1 fully saturated rings. The molecule has 1 radical (unpaired) electrons. The molecule has 1 rings (SSSR count). The van der Waals surface area contributed by atoms with Gasteiger partial charge in [-0.2, -0.15) is 0 Å². The van der Waals surface area contributed by atoms with Crippen molar-refractivity contribution in [1.29, 1.82) is 0 Å². The summed E-state index contributed by atoms with van der Waals surface area (Å²) in [4.78, 5) is 0. The summed E-state index contributed by atoms with van der Waals surface area (Å²) in [5, 5.41) is 0. The lowest BCUT2D eigenvalue weighted by Crippen LogP contribution is -2.07. The predicted molar refractivity (Wildman–Crippen MR) is 61.2 cm³/mol. The normalized spacial score (nSPS) is 19.1. The van der Waals surface area contributed by atoms with Crippen molar-refractivity contribution in [2.45, 2.75) is 51.4 Å². The molecule has 1 aliphatic carbocycles. The van der Waals surface area contributed by atoms with E-state index >= 15 is 0 Å². The van der Waals surface area contributed by atoms with Crippen molar-refractivity contribution in [3.8, 4) is 0 Å². The first-order valence-electron chi connectivity index (χ1n) is 5.95. The quantitative estimate of drug-likeness (QED) is 0.355. The van der Waals surface area contributed by atoms with Crippen molar-refractivity contribution < 1.29 is 4.74 Å². The molecule has 0 aliphatic heterocycles. The zero-order valence-corrected chi connectivity index (χ0v) is 9.26. The van der Waals surface area contributed by atoms with Gasteiger partial charge >= 0.3 is 0 Å². The van der Waals surface area contributed by atoms with Crippen LogP contribution < -0.4 is 0 Å². The Bertz CT molecular complexity index is 134. The second kappa shape index (κ2) is 8.05. The molecule has 0 aromatic rings. The molecule has 0 spiro atoms. The largest absolute Gasteiger partial charge is 0.381 e. The van der Waals surface area contributed by atoms with E-state index in [1.807, 2.05) is 6.08 Å². The van der Waals surface area contributed by atoms with E-state index in [9.17, 15) is 0 Å². The van der Waals surface area contributed by atoms with Gasteiger partial charge in [-0.15, -0.1) is 6.58 Å². The zero-order valence-electron chi connectivity index (χ0n) is 9.26. The molecule has 1 saturated carbocycles. The van der Waals surface area contributed by atoms with Gasteiger partial charge in [0, 0.05) is 12.5 Å². The topological polar surface area (TPSA) is 9.23 Å². The monoisotopic (exact) mass is 195 g/mol. The van der Waals surface area contributed by atoms with Crippen LogP contribution in [-0.4, -0.2) is 13.2 Å². The maximum absolute atomic E-state index is 5.65. The molecule has 0 aromatic heterocycles. The molecule has 1 nitrogen and oxygen atoms in total. The van der Waals surface area contributed by atoms with E-state index in [0.717, 1.165) is 26.1 Å². The Labute approximate surface area is 88.5 Å². The lowest BCUT2D eigenvalue weighted by atomic mass is 10.0. The van der Waals surface area contributed by atoms with E-state index in [-0.39, 0.29) is 0 Å². The molecule has 0 atom stereocenters. The van der Waals surface area contributed by atoms with Crippen LogP contribution in [0.3, 0.4) is 0 Å². The van der Waals surface area contributed by atoms with Crippen molar-refractivity contribution in [3.05, 3.63) is 18.6 Å². The van der Waals surface area contributed by atoms with E-state index < -0.39 is 0 Å². The van der Waals surface area contributed by atoms with Crippen LogP contribution in [0.1, 0.15) is 51.4 Å². The van der Waals surface area contributed by atoms with Crippen LogP contribution in [-0.2, 0) is 4.74 Å². The van der Waals surface area contributed by atoms with Gasteiger partial charge in [-0.05, 0) is 25.7 Å². The van der Waals surface area contributed by atoms with E-state index in [4.69, 9.17) is 4.74 Å². The number of unbranched alkanes of at least 4 members (excludes halogenated alkanes) is 1. The first-order valence-corrected chi connectivity index (χ1v) is 5.95. The third-order valence-electron chi connectivity index (χ3n) is 2.81. The van der Waals surface area contributed by atoms with Gasteiger partial charge in [0.25, 0.3) is 0 Å². The van der Waals surface area contributed by atoms with Gasteiger partial charge in [0.1, 0.15) is 0 Å². The third kappa shape index (κ3) is 5.43. The molecule has 0 unspecified atom stereocenters. The Morgan fingerprint density at radius 2 is 1.86 bits per heavy atom. The van der Waals surface area contributed by atoms with Crippen LogP contribution in [0, 0.1) is 5.92 Å². The van der Waals surface area contributed by atoms with Crippen LogP contribution in [0.4, 0.5) is 0 Å². The highest BCUT2D eigenvalue weighted by molar-refractivity contribution is 4.90. The van der Waals surface area contributed by atoms with E-state index in [1.165, 1.54) is 38.5 Å². The van der Waals surface area contributed by atoms with Crippen molar-refractivity contribution in [3.63, 3.8) is 0 Å². The van der Waals surface area contributed by atoms with Crippen LogP contribution in [0.25, 0.3) is 0 Å². The Kier molecular flexibility index (Phi) is 6.77. The fourth-order valence-corrected chi connectivity index (χ4v) is 1.92. The fraction of sp³-hybridized carbons (Fsp3) is 0.769. The number of hydrogen-bond acceptors (Lipinski definition) is 1. The molecular formula is C13H23O. The average molecular weight is 195 g/mol. The molecule has 14 heavy (non-hydrogen) atoms. The third-order valence-corrected chi connectivity index (χ3v) is 2.81. The molecule has 1 aliphatic rings. The molecule has 0 saturated heterocycles. The Hall–Kier alpha value is -0.300. The molecule has 0 bridgehead atoms. The second-order valence-electron chi connectivity index (χ2n) is 4.15. The van der Waals surface area contributed by atoms with Gasteiger partial charge in [0.05, 0.1) is 6.61 Å². The van der Waals surface area contributed by atoms with Gasteiger partial charge in [0.15, 0.2) is 0 Å². The number of allylic oxidation sites excluding steroid dienone is 1. The molecule has 0 amide bonds. The Morgan fingerprint density at radius 1 is 1.14 bits per heavy atom. The summed E-state index contributed by atoms with van der Waals surface area (Å²) in [6.45, 7) is 5.51. The standard InChI is InChI=1S/C13H23O/c1-2-3-8-11-14-12-13-9-6-4-5-7-10-13/h2H,1,3-12H2. The molecular weight excluding hydrogens is 172 g/mol. The first kappa shape index (κ1) is 11.8. The Balaban J connectivity index is 1.96. The van der Waals surface area contributed by atoms with Gasteiger partial charge in [0.2, 0.25) is 0 Å². The summed E-state index contributed by atoms with van der Waals surface area (Å²) in [6, 6.07) is 0. The summed E-state index contributed by atoms with van der Waals surface area (Å²) in [7, 11) is 0. The van der Waals surface area contributed by atoms with Crippen molar-refractivity contribution >= 4 is 0 Å². The molecule has 0 heterocycles. The SMILES string of the molecule is C=CCCCOC[C]1CCCCCC1. The number of hydrogen-bond donors (Lipinski definition) is 0. The second-order valence-corrected chi connectivity index (χ2v) is 4.15. The van der Waals surface area contributed by atoms with E-state index in [0.29, 0.717) is 0 Å². The maximum Gasteiger partial charge on any atom is 0.0528 e. The maximum atomic E-state index is 5.65.